The van der Waals surface area contributed by atoms with Crippen molar-refractivity contribution in [3.63, 3.8) is 0 Å². The van der Waals surface area contributed by atoms with Crippen LogP contribution in [0.3, 0.4) is 0 Å². The Labute approximate surface area is 168 Å². The number of nitrogens with zero attached hydrogens (tertiary/aromatic N) is 1. The number of anilines is 1. The summed E-state index contributed by atoms with van der Waals surface area (Å²) < 4.78 is 16.6. The molecule has 0 bridgehead atoms. The molecule has 9 heteroatoms. The summed E-state index contributed by atoms with van der Waals surface area (Å²) in [4.78, 5) is 15.2. The van der Waals surface area contributed by atoms with Gasteiger partial charge in [0.25, 0.3) is 5.91 Å². The Bertz CT molecular complexity index is 791. The summed E-state index contributed by atoms with van der Waals surface area (Å²) >= 11 is 0. The van der Waals surface area contributed by atoms with Crippen LogP contribution in [-0.4, -0.2) is 32.1 Å². The van der Waals surface area contributed by atoms with E-state index in [2.05, 4.69) is 15.6 Å². The largest absolute Gasteiger partial charge is 0.490 e. The number of guanidine groups is 1. The van der Waals surface area contributed by atoms with Crippen molar-refractivity contribution in [3.8, 4) is 11.5 Å². The van der Waals surface area contributed by atoms with Crippen LogP contribution in [0.5, 0.6) is 11.5 Å². The maximum absolute atomic E-state index is 11.0. The molecule has 4 N–H and O–H groups in total. The first kappa shape index (κ1) is 19.9. The molecule has 1 aromatic heterocycles. The van der Waals surface area contributed by atoms with Gasteiger partial charge in [-0.1, -0.05) is 0 Å². The van der Waals surface area contributed by atoms with Gasteiger partial charge in [0.05, 0.1) is 19.8 Å². The van der Waals surface area contributed by atoms with Crippen molar-refractivity contribution in [2.45, 2.75) is 13.0 Å². The van der Waals surface area contributed by atoms with Crippen molar-refractivity contribution in [2.75, 3.05) is 25.6 Å². The van der Waals surface area contributed by atoms with Crippen LogP contribution in [-0.2, 0) is 6.54 Å². The molecule has 2 aromatic rings. The van der Waals surface area contributed by atoms with E-state index in [1.807, 2.05) is 18.2 Å². The molecule has 0 atom stereocenters. The number of amides is 1. The molecule has 0 unspecified atom stereocenters. The van der Waals surface area contributed by atoms with Gasteiger partial charge in [0, 0.05) is 25.2 Å². The Morgan fingerprint density at radius 3 is 2.65 bits per heavy atom. The fraction of sp³-hybridized carbons (Fsp3) is 0.294. The number of nitrogens with one attached hydrogen (secondary N) is 2. The number of primary amides is 1. The summed E-state index contributed by atoms with van der Waals surface area (Å²) in [6.07, 6.45) is 0.858. The average Bonchev–Trinajstić information content (AvgIpc) is 2.97. The molecule has 0 saturated carbocycles. The van der Waals surface area contributed by atoms with Gasteiger partial charge in [0.15, 0.2) is 23.2 Å². The maximum atomic E-state index is 11.0. The number of rotatable bonds is 4. The summed E-state index contributed by atoms with van der Waals surface area (Å²) in [5, 5.41) is 6.27. The second kappa shape index (κ2) is 9.32. The van der Waals surface area contributed by atoms with E-state index in [9.17, 15) is 4.79 Å². The van der Waals surface area contributed by atoms with Gasteiger partial charge in [-0.3, -0.25) is 9.79 Å². The first-order valence-corrected chi connectivity index (χ1v) is 7.91. The summed E-state index contributed by atoms with van der Waals surface area (Å²) in [7, 11) is 1.66. The van der Waals surface area contributed by atoms with E-state index in [4.69, 9.17) is 19.6 Å². The van der Waals surface area contributed by atoms with Gasteiger partial charge in [0.2, 0.25) is 0 Å². The van der Waals surface area contributed by atoms with Crippen molar-refractivity contribution >= 4 is 41.5 Å². The molecule has 2 heterocycles. The molecule has 8 nitrogen and oxygen atoms in total. The molecule has 1 amide bonds. The zero-order chi connectivity index (χ0) is 17.6. The normalized spacial score (nSPS) is 13.3. The number of benzene rings is 1. The predicted molar refractivity (Wildman–Crippen MR) is 109 cm³/mol. The van der Waals surface area contributed by atoms with E-state index in [1.54, 1.807) is 19.2 Å². The van der Waals surface area contributed by atoms with E-state index < -0.39 is 5.91 Å². The molecule has 1 aliphatic rings. The van der Waals surface area contributed by atoms with Gasteiger partial charge in [-0.25, -0.2) is 0 Å². The molecule has 26 heavy (non-hydrogen) atoms. The lowest BCUT2D eigenvalue weighted by molar-refractivity contribution is 0.0972. The zero-order valence-electron chi connectivity index (χ0n) is 14.3. The number of nitrogens with two attached hydrogens (primary N) is 1. The topological polar surface area (TPSA) is 111 Å². The van der Waals surface area contributed by atoms with E-state index >= 15 is 0 Å². The summed E-state index contributed by atoms with van der Waals surface area (Å²) in [5.41, 5.74) is 5.98. The monoisotopic (exact) mass is 472 g/mol. The number of furan rings is 1. The Morgan fingerprint density at radius 1 is 1.19 bits per heavy atom. The predicted octanol–water partition coefficient (Wildman–Crippen LogP) is 2.35. The number of carbonyl (C=O) groups is 1. The number of hydrogen-bond donors (Lipinski definition) is 3. The lowest BCUT2D eigenvalue weighted by Crippen LogP contribution is -2.30. The molecular weight excluding hydrogens is 451 g/mol. The van der Waals surface area contributed by atoms with Crippen LogP contribution in [0.2, 0.25) is 0 Å². The Kier molecular flexibility index (Phi) is 7.13. The summed E-state index contributed by atoms with van der Waals surface area (Å²) in [6, 6.07) is 8.85. The number of fused-ring (bicyclic) bond motifs is 1. The third-order valence-electron chi connectivity index (χ3n) is 3.57. The van der Waals surface area contributed by atoms with Crippen LogP contribution >= 0.6 is 24.0 Å². The van der Waals surface area contributed by atoms with Crippen LogP contribution in [0, 0.1) is 0 Å². The lowest BCUT2D eigenvalue weighted by atomic mass is 10.3. The van der Waals surface area contributed by atoms with Crippen molar-refractivity contribution < 1.29 is 18.7 Å². The minimum absolute atomic E-state index is 0. The van der Waals surface area contributed by atoms with Crippen molar-refractivity contribution in [1.82, 2.24) is 5.32 Å². The molecule has 1 aliphatic heterocycles. The van der Waals surface area contributed by atoms with Gasteiger partial charge in [-0.05, 0) is 24.3 Å². The number of aliphatic imine (C=N–C) groups is 1. The van der Waals surface area contributed by atoms with Crippen molar-refractivity contribution in [2.24, 2.45) is 10.7 Å². The summed E-state index contributed by atoms with van der Waals surface area (Å²) in [5.74, 6) is 2.10. The van der Waals surface area contributed by atoms with E-state index in [-0.39, 0.29) is 29.7 Å². The fourth-order valence-corrected chi connectivity index (χ4v) is 2.33. The fourth-order valence-electron chi connectivity index (χ4n) is 2.33. The number of carbonyl (C=O) groups excluding carboxylic acids is 1. The third-order valence-corrected chi connectivity index (χ3v) is 3.57. The Morgan fingerprint density at radius 2 is 1.96 bits per heavy atom. The van der Waals surface area contributed by atoms with Crippen molar-refractivity contribution in [1.29, 1.82) is 0 Å². The standard InChI is InChI=1S/C17H20N4O4.HI/c1-19-17(20-10-12-4-6-14(25-12)16(18)22)21-11-3-5-13-15(9-11)24-8-2-7-23-13;/h3-6,9H,2,7-8,10H2,1H3,(H2,18,22)(H2,19,20,21);1H. The molecule has 3 rings (SSSR count). The molecule has 0 spiro atoms. The van der Waals surface area contributed by atoms with Crippen LogP contribution in [0.1, 0.15) is 22.7 Å². The van der Waals surface area contributed by atoms with Gasteiger partial charge < -0.3 is 30.3 Å². The lowest BCUT2D eigenvalue weighted by Gasteiger charge is -2.13. The van der Waals surface area contributed by atoms with Crippen LogP contribution in [0.25, 0.3) is 0 Å². The maximum Gasteiger partial charge on any atom is 0.284 e. The zero-order valence-corrected chi connectivity index (χ0v) is 16.6. The number of ether oxygens (including phenoxy) is 2. The minimum atomic E-state index is -0.596. The first-order chi connectivity index (χ1) is 12.2. The van der Waals surface area contributed by atoms with Crippen molar-refractivity contribution in [3.05, 3.63) is 41.9 Å². The quantitative estimate of drug-likeness (QED) is 0.358. The molecule has 0 fully saturated rings. The highest BCUT2D eigenvalue weighted by atomic mass is 127. The van der Waals surface area contributed by atoms with Gasteiger partial charge in [-0.2, -0.15) is 0 Å². The Balaban J connectivity index is 0.00000243. The molecule has 1 aromatic carbocycles. The van der Waals surface area contributed by atoms with Crippen LogP contribution in [0.4, 0.5) is 5.69 Å². The van der Waals surface area contributed by atoms with Gasteiger partial charge in [-0.15, -0.1) is 24.0 Å². The van der Waals surface area contributed by atoms with Gasteiger partial charge in [0.1, 0.15) is 5.76 Å². The summed E-state index contributed by atoms with van der Waals surface area (Å²) in [6.45, 7) is 1.64. The SMILES string of the molecule is CN=C(NCc1ccc(C(N)=O)o1)Nc1ccc2c(c1)OCCCO2.I. The third kappa shape index (κ3) is 5.04. The van der Waals surface area contributed by atoms with E-state index in [0.29, 0.717) is 37.2 Å². The van der Waals surface area contributed by atoms with E-state index in [0.717, 1.165) is 17.9 Å². The highest BCUT2D eigenvalue weighted by Gasteiger charge is 2.12. The van der Waals surface area contributed by atoms with E-state index in [1.165, 1.54) is 0 Å². The smallest absolute Gasteiger partial charge is 0.284 e. The van der Waals surface area contributed by atoms with Gasteiger partial charge >= 0.3 is 0 Å². The highest BCUT2D eigenvalue weighted by molar-refractivity contribution is 14.0. The molecule has 0 saturated heterocycles. The van der Waals surface area contributed by atoms with Crippen LogP contribution < -0.4 is 25.8 Å². The average molecular weight is 472 g/mol. The highest BCUT2D eigenvalue weighted by Crippen LogP contribution is 2.32. The number of hydrogen-bond acceptors (Lipinski definition) is 5. The molecular formula is C17H21IN4O4. The van der Waals surface area contributed by atoms with Crippen LogP contribution in [0.15, 0.2) is 39.7 Å². The first-order valence-electron chi connectivity index (χ1n) is 7.91. The number of halogens is 1. The molecule has 0 radical (unpaired) electrons. The molecule has 0 aliphatic carbocycles. The second-order valence-electron chi connectivity index (χ2n) is 5.39. The minimum Gasteiger partial charge on any atom is -0.490 e. The Hall–Kier alpha value is -2.43. The molecule has 140 valence electrons. The second-order valence-corrected chi connectivity index (χ2v) is 5.39.